The molecule has 11 nitrogen and oxygen atoms in total. The number of para-hydroxylation sites is 2. The van der Waals surface area contributed by atoms with Gasteiger partial charge in [-0.25, -0.2) is 14.7 Å². The number of methoxy groups -OCH3 is 3. The molecule has 1 saturated heterocycles. The maximum absolute atomic E-state index is 14.1. The molecule has 1 aromatic heterocycles. The van der Waals surface area contributed by atoms with Crippen LogP contribution < -0.4 is 19.1 Å². The highest BCUT2D eigenvalue weighted by Gasteiger charge is 2.49. The molecule has 0 spiro atoms. The second kappa shape index (κ2) is 8.94. The Labute approximate surface area is 212 Å². The molecule has 3 aromatic carbocycles. The van der Waals surface area contributed by atoms with E-state index in [0.29, 0.717) is 40.3 Å². The van der Waals surface area contributed by atoms with Gasteiger partial charge in [-0.1, -0.05) is 24.3 Å². The largest absolute Gasteiger partial charge is 0.497 e. The second-order valence-electron chi connectivity index (χ2n) is 8.45. The number of urea groups is 1. The molecule has 6 rings (SSSR count). The van der Waals surface area contributed by atoms with E-state index in [4.69, 9.17) is 19.2 Å². The summed E-state index contributed by atoms with van der Waals surface area (Å²) in [5.74, 6) is 2.79. The second-order valence-corrected chi connectivity index (χ2v) is 8.45. The number of amidine groups is 1. The van der Waals surface area contributed by atoms with E-state index in [-0.39, 0.29) is 12.6 Å². The first-order chi connectivity index (χ1) is 18.1. The molecule has 3 heterocycles. The van der Waals surface area contributed by atoms with E-state index in [1.54, 1.807) is 41.9 Å². The minimum atomic E-state index is -0.644. The summed E-state index contributed by atoms with van der Waals surface area (Å²) in [6, 6.07) is 19.5. The minimum absolute atomic E-state index is 0.256. The van der Waals surface area contributed by atoms with Gasteiger partial charge in [0, 0.05) is 12.6 Å². The number of fused-ring (bicyclic) bond motifs is 5. The van der Waals surface area contributed by atoms with Crippen molar-refractivity contribution in [3.8, 4) is 22.9 Å². The molecule has 0 radical (unpaired) electrons. The lowest BCUT2D eigenvalue weighted by atomic mass is 10.1. The molecule has 0 N–H and O–H groups in total. The molecule has 37 heavy (non-hydrogen) atoms. The molecule has 186 valence electrons. The number of amides is 2. The van der Waals surface area contributed by atoms with Gasteiger partial charge in [0.05, 0.1) is 38.4 Å². The number of anilines is 1. The Kier molecular flexibility index (Phi) is 5.44. The van der Waals surface area contributed by atoms with Crippen LogP contribution in [-0.2, 0) is 6.54 Å². The lowest BCUT2D eigenvalue weighted by Gasteiger charge is -2.22. The Morgan fingerprint density at radius 1 is 0.892 bits per heavy atom. The van der Waals surface area contributed by atoms with E-state index >= 15 is 0 Å². The number of carbonyl (C=O) groups excluding carboxylic acids is 1. The van der Waals surface area contributed by atoms with Gasteiger partial charge in [0.25, 0.3) is 0 Å². The van der Waals surface area contributed by atoms with Crippen LogP contribution in [0.1, 0.15) is 17.4 Å². The highest BCUT2D eigenvalue weighted by molar-refractivity contribution is 6.24. The van der Waals surface area contributed by atoms with Crippen LogP contribution in [-0.4, -0.2) is 58.3 Å². The number of tetrazole rings is 1. The predicted molar refractivity (Wildman–Crippen MR) is 135 cm³/mol. The normalized spacial score (nSPS) is 15.9. The van der Waals surface area contributed by atoms with E-state index in [1.165, 1.54) is 0 Å². The molecule has 2 amide bonds. The van der Waals surface area contributed by atoms with Crippen LogP contribution >= 0.6 is 0 Å². The van der Waals surface area contributed by atoms with Gasteiger partial charge in [-0.2, -0.15) is 4.68 Å². The van der Waals surface area contributed by atoms with Crippen molar-refractivity contribution in [2.75, 3.05) is 26.2 Å². The Morgan fingerprint density at radius 3 is 2.54 bits per heavy atom. The van der Waals surface area contributed by atoms with Crippen molar-refractivity contribution < 1.29 is 19.0 Å². The average molecular weight is 498 g/mol. The Bertz CT molecular complexity index is 1530. The van der Waals surface area contributed by atoms with Crippen molar-refractivity contribution >= 4 is 23.2 Å². The summed E-state index contributed by atoms with van der Waals surface area (Å²) in [5, 5.41) is 12.5. The fourth-order valence-electron chi connectivity index (χ4n) is 4.69. The Morgan fingerprint density at radius 2 is 1.73 bits per heavy atom. The molecule has 0 saturated carbocycles. The lowest BCUT2D eigenvalue weighted by molar-refractivity contribution is 0.204. The van der Waals surface area contributed by atoms with E-state index in [0.717, 1.165) is 11.3 Å². The molecule has 4 aromatic rings. The van der Waals surface area contributed by atoms with Gasteiger partial charge in [-0.15, -0.1) is 5.10 Å². The van der Waals surface area contributed by atoms with Gasteiger partial charge in [0.1, 0.15) is 11.6 Å². The molecular weight excluding hydrogens is 474 g/mol. The summed E-state index contributed by atoms with van der Waals surface area (Å²) in [6.07, 6.45) is 0. The van der Waals surface area contributed by atoms with Gasteiger partial charge in [0.15, 0.2) is 23.4 Å². The molecule has 0 bridgehead atoms. The molecule has 11 heteroatoms. The molecular formula is C26H23N7O4. The minimum Gasteiger partial charge on any atom is -0.497 e. The van der Waals surface area contributed by atoms with Crippen LogP contribution in [0.25, 0.3) is 5.69 Å². The number of aliphatic imine (C=N–C) groups is 1. The summed E-state index contributed by atoms with van der Waals surface area (Å²) in [7, 11) is 4.75. The highest BCUT2D eigenvalue weighted by atomic mass is 16.5. The quantitative estimate of drug-likeness (QED) is 0.397. The smallest absolute Gasteiger partial charge is 0.331 e. The third-order valence-corrected chi connectivity index (χ3v) is 6.42. The zero-order chi connectivity index (χ0) is 25.5. The number of aromatic nitrogens is 4. The van der Waals surface area contributed by atoms with E-state index in [1.807, 2.05) is 60.7 Å². The first kappa shape index (κ1) is 22.5. The first-order valence-electron chi connectivity index (χ1n) is 11.5. The van der Waals surface area contributed by atoms with Crippen molar-refractivity contribution in [1.82, 2.24) is 25.1 Å². The molecule has 1 unspecified atom stereocenters. The van der Waals surface area contributed by atoms with E-state index in [9.17, 15) is 4.79 Å². The molecule has 2 aliphatic rings. The van der Waals surface area contributed by atoms with Crippen molar-refractivity contribution in [3.63, 3.8) is 0 Å². The number of benzene rings is 3. The number of hydrogen-bond acceptors (Lipinski definition) is 8. The molecule has 1 fully saturated rings. The topological polar surface area (TPSA) is 107 Å². The van der Waals surface area contributed by atoms with Crippen molar-refractivity contribution in [3.05, 3.63) is 78.1 Å². The van der Waals surface area contributed by atoms with E-state index in [2.05, 4.69) is 15.5 Å². The van der Waals surface area contributed by atoms with Crippen molar-refractivity contribution in [1.29, 1.82) is 0 Å². The van der Waals surface area contributed by atoms with Crippen LogP contribution in [0.4, 0.5) is 16.2 Å². The van der Waals surface area contributed by atoms with Gasteiger partial charge in [0.2, 0.25) is 0 Å². The summed E-state index contributed by atoms with van der Waals surface area (Å²) in [5.41, 5.74) is 2.86. The summed E-state index contributed by atoms with van der Waals surface area (Å²) >= 11 is 0. The van der Waals surface area contributed by atoms with Crippen LogP contribution in [0.3, 0.4) is 0 Å². The summed E-state index contributed by atoms with van der Waals surface area (Å²) in [4.78, 5) is 22.4. The maximum Gasteiger partial charge on any atom is 0.331 e. The van der Waals surface area contributed by atoms with Crippen molar-refractivity contribution in [2.45, 2.75) is 12.6 Å². The van der Waals surface area contributed by atoms with Crippen LogP contribution in [0.5, 0.6) is 17.2 Å². The Hall–Kier alpha value is -4.93. The monoisotopic (exact) mass is 497 g/mol. The highest BCUT2D eigenvalue weighted by Crippen LogP contribution is 2.41. The van der Waals surface area contributed by atoms with Crippen LogP contribution in [0.15, 0.2) is 71.7 Å². The van der Waals surface area contributed by atoms with Gasteiger partial charge < -0.3 is 19.1 Å². The maximum atomic E-state index is 14.1. The van der Waals surface area contributed by atoms with Gasteiger partial charge in [-0.3, -0.25) is 0 Å². The number of nitrogens with zero attached hydrogens (tertiary/aromatic N) is 7. The van der Waals surface area contributed by atoms with Gasteiger partial charge in [-0.05, 0) is 52.4 Å². The number of hydrogen-bond donors (Lipinski definition) is 0. The van der Waals surface area contributed by atoms with E-state index < -0.39 is 6.04 Å². The SMILES string of the molecule is COc1cccc(N2C(=O)N(Cc3ccc(OC)c(OC)c3)C3C2=Nc2ccccc2-n2nnnc23)c1. The average Bonchev–Trinajstić information content (AvgIpc) is 3.48. The van der Waals surface area contributed by atoms with Gasteiger partial charge >= 0.3 is 6.03 Å². The standard InChI is InChI=1S/C26H23N7O4/c1-35-18-8-6-7-17(14-18)32-24-23(25-28-29-30-33(25)20-10-5-4-9-19(20)27-24)31(26(32)34)15-16-11-12-21(36-2)22(13-16)37-3/h4-14,23H,15H2,1-3H3. The number of ether oxygens (including phenoxy) is 3. The van der Waals surface area contributed by atoms with Crippen molar-refractivity contribution in [2.24, 2.45) is 4.99 Å². The number of carbonyl (C=O) groups is 1. The molecule has 2 aliphatic heterocycles. The third kappa shape index (κ3) is 3.63. The predicted octanol–water partition coefficient (Wildman–Crippen LogP) is 3.92. The fraction of sp³-hybridized carbons (Fsp3) is 0.192. The third-order valence-electron chi connectivity index (χ3n) is 6.42. The van der Waals surface area contributed by atoms with Crippen LogP contribution in [0.2, 0.25) is 0 Å². The molecule has 1 atom stereocenters. The lowest BCUT2D eigenvalue weighted by Crippen LogP contribution is -2.33. The number of rotatable bonds is 6. The summed E-state index contributed by atoms with van der Waals surface area (Å²) in [6.45, 7) is 0.256. The first-order valence-corrected chi connectivity index (χ1v) is 11.5. The zero-order valence-corrected chi connectivity index (χ0v) is 20.4. The zero-order valence-electron chi connectivity index (χ0n) is 20.4. The molecule has 0 aliphatic carbocycles. The fourth-order valence-corrected chi connectivity index (χ4v) is 4.69. The van der Waals surface area contributed by atoms with Crippen LogP contribution in [0, 0.1) is 0 Å². The summed E-state index contributed by atoms with van der Waals surface area (Å²) < 4.78 is 17.9. The Balaban J connectivity index is 1.52.